The molecule has 4 rings (SSSR count). The fourth-order valence-corrected chi connectivity index (χ4v) is 5.36. The molecule has 1 aliphatic carbocycles. The molecular formula is C23H32N4OS. The number of rotatable bonds is 8. The van der Waals surface area contributed by atoms with Gasteiger partial charge in [-0.25, -0.2) is 4.98 Å². The number of carbonyl (C=O) groups excluding carboxylic acids is 1. The predicted molar refractivity (Wildman–Crippen MR) is 119 cm³/mol. The Hall–Kier alpha value is -1.76. The number of anilines is 1. The van der Waals surface area contributed by atoms with Crippen LogP contribution in [0.4, 0.5) is 5.13 Å². The molecule has 1 saturated carbocycles. The van der Waals surface area contributed by atoms with E-state index in [1.807, 2.05) is 4.90 Å². The maximum Gasteiger partial charge on any atom is 0.225 e. The summed E-state index contributed by atoms with van der Waals surface area (Å²) in [6.45, 7) is 10.3. The van der Waals surface area contributed by atoms with E-state index in [1.165, 1.54) is 12.0 Å². The van der Waals surface area contributed by atoms with E-state index >= 15 is 0 Å². The van der Waals surface area contributed by atoms with Crippen molar-refractivity contribution in [2.75, 3.05) is 24.5 Å². The Morgan fingerprint density at radius 2 is 2.00 bits per heavy atom. The fourth-order valence-electron chi connectivity index (χ4n) is 4.43. The number of aromatic nitrogens is 1. The van der Waals surface area contributed by atoms with Crippen LogP contribution in [0.2, 0.25) is 0 Å². The van der Waals surface area contributed by atoms with Gasteiger partial charge in [0.2, 0.25) is 5.91 Å². The molecule has 2 aliphatic rings. The molecule has 1 aromatic carbocycles. The summed E-state index contributed by atoms with van der Waals surface area (Å²) >= 11 is 1.61. The number of nitrogens with zero attached hydrogens (tertiary/aromatic N) is 4. The molecule has 0 radical (unpaired) electrons. The SMILES string of the molecule is CCN(Cc1csc(N(C(C)=O)C2CC2)n1)C1CCN(C(C)c2ccccc2)C1. The molecule has 156 valence electrons. The van der Waals surface area contributed by atoms with Crippen LogP contribution >= 0.6 is 11.3 Å². The zero-order valence-corrected chi connectivity index (χ0v) is 18.6. The van der Waals surface area contributed by atoms with Crippen molar-refractivity contribution in [3.63, 3.8) is 0 Å². The van der Waals surface area contributed by atoms with E-state index in [-0.39, 0.29) is 5.91 Å². The Balaban J connectivity index is 1.38. The molecule has 5 nitrogen and oxygen atoms in total. The van der Waals surface area contributed by atoms with Gasteiger partial charge in [0, 0.05) is 50.1 Å². The van der Waals surface area contributed by atoms with E-state index in [2.05, 4.69) is 59.4 Å². The summed E-state index contributed by atoms with van der Waals surface area (Å²) in [4.78, 5) is 23.9. The second-order valence-electron chi connectivity index (χ2n) is 8.33. The van der Waals surface area contributed by atoms with Crippen molar-refractivity contribution in [1.29, 1.82) is 0 Å². The molecule has 0 N–H and O–H groups in total. The van der Waals surface area contributed by atoms with E-state index in [1.54, 1.807) is 18.3 Å². The minimum absolute atomic E-state index is 0.113. The average Bonchev–Trinajstić information content (AvgIpc) is 3.24. The van der Waals surface area contributed by atoms with Crippen molar-refractivity contribution >= 4 is 22.4 Å². The predicted octanol–water partition coefficient (Wildman–Crippen LogP) is 4.32. The smallest absolute Gasteiger partial charge is 0.225 e. The van der Waals surface area contributed by atoms with Crippen LogP contribution in [0.25, 0.3) is 0 Å². The molecule has 1 amide bonds. The number of likely N-dealkylation sites (N-methyl/N-ethyl adjacent to an activating group) is 1. The summed E-state index contributed by atoms with van der Waals surface area (Å²) in [5.41, 5.74) is 2.48. The van der Waals surface area contributed by atoms with E-state index in [9.17, 15) is 4.79 Å². The highest BCUT2D eigenvalue weighted by Crippen LogP contribution is 2.34. The van der Waals surface area contributed by atoms with Crippen molar-refractivity contribution < 1.29 is 4.79 Å². The summed E-state index contributed by atoms with van der Waals surface area (Å²) in [7, 11) is 0. The molecule has 2 heterocycles. The number of hydrogen-bond acceptors (Lipinski definition) is 5. The van der Waals surface area contributed by atoms with E-state index in [0.29, 0.717) is 18.1 Å². The van der Waals surface area contributed by atoms with E-state index in [4.69, 9.17) is 4.98 Å². The van der Waals surface area contributed by atoms with Gasteiger partial charge in [-0.1, -0.05) is 37.3 Å². The average molecular weight is 413 g/mol. The van der Waals surface area contributed by atoms with Crippen LogP contribution < -0.4 is 4.90 Å². The topological polar surface area (TPSA) is 39.7 Å². The normalized spacial score (nSPS) is 20.9. The van der Waals surface area contributed by atoms with Gasteiger partial charge in [0.25, 0.3) is 0 Å². The number of likely N-dealkylation sites (tertiary alicyclic amines) is 1. The molecule has 1 aromatic heterocycles. The largest absolute Gasteiger partial charge is 0.295 e. The van der Waals surface area contributed by atoms with Gasteiger partial charge in [-0.05, 0) is 38.3 Å². The van der Waals surface area contributed by atoms with Crippen LogP contribution in [0.15, 0.2) is 35.7 Å². The Kier molecular flexibility index (Phi) is 6.32. The first-order valence-corrected chi connectivity index (χ1v) is 11.7. The first-order valence-electron chi connectivity index (χ1n) is 10.8. The Morgan fingerprint density at radius 1 is 1.24 bits per heavy atom. The third-order valence-corrected chi connectivity index (χ3v) is 7.20. The minimum Gasteiger partial charge on any atom is -0.295 e. The van der Waals surface area contributed by atoms with Gasteiger partial charge in [-0.3, -0.25) is 19.5 Å². The second-order valence-corrected chi connectivity index (χ2v) is 9.17. The quantitative estimate of drug-likeness (QED) is 0.647. The lowest BCUT2D eigenvalue weighted by Crippen LogP contribution is -2.37. The zero-order chi connectivity index (χ0) is 20.4. The zero-order valence-electron chi connectivity index (χ0n) is 17.8. The second kappa shape index (κ2) is 8.94. The lowest BCUT2D eigenvalue weighted by atomic mass is 10.1. The van der Waals surface area contributed by atoms with E-state index < -0.39 is 0 Å². The van der Waals surface area contributed by atoms with Gasteiger partial charge in [0.05, 0.1) is 5.69 Å². The Labute approximate surface area is 178 Å². The standard InChI is InChI=1S/C23H32N4OS/c1-4-25(14-20-16-29-23(24-20)27(18(3)28)21-10-11-21)22-12-13-26(15-22)17(2)19-8-6-5-7-9-19/h5-9,16-17,21-22H,4,10-15H2,1-3H3. The van der Waals surface area contributed by atoms with Crippen molar-refractivity contribution in [2.45, 2.75) is 64.7 Å². The van der Waals surface area contributed by atoms with Gasteiger partial charge >= 0.3 is 0 Å². The molecule has 0 spiro atoms. The lowest BCUT2D eigenvalue weighted by molar-refractivity contribution is -0.116. The summed E-state index contributed by atoms with van der Waals surface area (Å²) in [5.74, 6) is 0.113. The van der Waals surface area contributed by atoms with Crippen LogP contribution in [0.5, 0.6) is 0 Å². The van der Waals surface area contributed by atoms with Crippen LogP contribution in [-0.4, -0.2) is 52.4 Å². The van der Waals surface area contributed by atoms with Gasteiger partial charge in [-0.15, -0.1) is 11.3 Å². The van der Waals surface area contributed by atoms with Crippen LogP contribution in [-0.2, 0) is 11.3 Å². The van der Waals surface area contributed by atoms with Crippen LogP contribution in [0.3, 0.4) is 0 Å². The van der Waals surface area contributed by atoms with Crippen molar-refractivity contribution in [2.24, 2.45) is 0 Å². The molecule has 1 saturated heterocycles. The summed E-state index contributed by atoms with van der Waals surface area (Å²) < 4.78 is 0. The number of carbonyl (C=O) groups is 1. The summed E-state index contributed by atoms with van der Waals surface area (Å²) in [5, 5.41) is 3.01. The lowest BCUT2D eigenvalue weighted by Gasteiger charge is -2.29. The molecule has 2 unspecified atom stereocenters. The third kappa shape index (κ3) is 4.71. The van der Waals surface area contributed by atoms with Crippen molar-refractivity contribution in [1.82, 2.24) is 14.8 Å². The highest BCUT2D eigenvalue weighted by molar-refractivity contribution is 7.14. The molecule has 2 fully saturated rings. The molecule has 1 aliphatic heterocycles. The van der Waals surface area contributed by atoms with Crippen molar-refractivity contribution in [3.05, 3.63) is 47.0 Å². The minimum atomic E-state index is 0.113. The monoisotopic (exact) mass is 412 g/mol. The van der Waals surface area contributed by atoms with Gasteiger partial charge < -0.3 is 0 Å². The van der Waals surface area contributed by atoms with Crippen molar-refractivity contribution in [3.8, 4) is 0 Å². The Bertz CT molecular complexity index is 819. The fraction of sp³-hybridized carbons (Fsp3) is 0.565. The maximum atomic E-state index is 12.0. The number of benzene rings is 1. The van der Waals surface area contributed by atoms with Crippen LogP contribution in [0, 0.1) is 0 Å². The van der Waals surface area contributed by atoms with Gasteiger partial charge in [0.1, 0.15) is 0 Å². The summed E-state index contributed by atoms with van der Waals surface area (Å²) in [6, 6.07) is 12.2. The highest BCUT2D eigenvalue weighted by Gasteiger charge is 2.34. The molecule has 29 heavy (non-hydrogen) atoms. The number of hydrogen-bond donors (Lipinski definition) is 0. The molecule has 2 atom stereocenters. The first-order chi connectivity index (χ1) is 14.1. The first kappa shape index (κ1) is 20.5. The summed E-state index contributed by atoms with van der Waals surface area (Å²) in [6.07, 6.45) is 3.41. The molecule has 0 bridgehead atoms. The van der Waals surface area contributed by atoms with Gasteiger partial charge in [-0.2, -0.15) is 0 Å². The maximum absolute atomic E-state index is 12.0. The molecule has 2 aromatic rings. The number of amides is 1. The molecular weight excluding hydrogens is 380 g/mol. The van der Waals surface area contributed by atoms with Crippen LogP contribution in [0.1, 0.15) is 57.3 Å². The highest BCUT2D eigenvalue weighted by atomic mass is 32.1. The van der Waals surface area contributed by atoms with Gasteiger partial charge in [0.15, 0.2) is 5.13 Å². The van der Waals surface area contributed by atoms with E-state index in [0.717, 1.165) is 49.8 Å². The Morgan fingerprint density at radius 3 is 2.66 bits per heavy atom. The number of thiazole rings is 1. The molecule has 6 heteroatoms. The third-order valence-electron chi connectivity index (χ3n) is 6.31.